The molecule has 0 spiro atoms. The Balaban J connectivity index is 2.45. The average Bonchev–Trinajstić information content (AvgIpc) is 2.17. The van der Waals surface area contributed by atoms with E-state index in [2.05, 4.69) is 16.4 Å². The van der Waals surface area contributed by atoms with E-state index in [0.29, 0.717) is 5.56 Å². The van der Waals surface area contributed by atoms with Gasteiger partial charge in [0.25, 0.3) is 5.91 Å². The first-order valence-corrected chi connectivity index (χ1v) is 6.32. The molecule has 6 heteroatoms. The smallest absolute Gasteiger partial charge is 0.252 e. The summed E-state index contributed by atoms with van der Waals surface area (Å²) in [6, 6.07) is 4.15. The average molecular weight is 227 g/mol. The third-order valence-corrected chi connectivity index (χ3v) is 2.57. The molecule has 1 N–H and O–H groups in total. The lowest BCUT2D eigenvalue weighted by atomic mass is 10.3. The van der Waals surface area contributed by atoms with E-state index in [9.17, 15) is 13.2 Å². The number of hydrogen-bond acceptors (Lipinski definition) is 4. The normalized spacial score (nSPS) is 11.0. The largest absolute Gasteiger partial charge is 0.351 e. The second kappa shape index (κ2) is 4.88. The van der Waals surface area contributed by atoms with Gasteiger partial charge in [0.15, 0.2) is 0 Å². The molecule has 0 aromatic carbocycles. The van der Waals surface area contributed by atoms with Gasteiger partial charge in [-0.15, -0.1) is 0 Å². The van der Waals surface area contributed by atoms with E-state index < -0.39 is 9.84 Å². The molecule has 0 saturated heterocycles. The molecule has 0 saturated carbocycles. The summed E-state index contributed by atoms with van der Waals surface area (Å²) in [5.41, 5.74) is 0.367. The van der Waals surface area contributed by atoms with Crippen LogP contribution < -0.4 is 5.32 Å². The van der Waals surface area contributed by atoms with Crippen LogP contribution in [0.1, 0.15) is 10.4 Å². The zero-order valence-corrected chi connectivity index (χ0v) is 9.04. The van der Waals surface area contributed by atoms with Crippen molar-refractivity contribution in [1.82, 2.24) is 10.3 Å². The first-order chi connectivity index (χ1) is 6.99. The molecule has 1 aromatic rings. The lowest BCUT2D eigenvalue weighted by Crippen LogP contribution is -2.28. The van der Waals surface area contributed by atoms with Gasteiger partial charge >= 0.3 is 0 Å². The maximum Gasteiger partial charge on any atom is 0.252 e. The highest BCUT2D eigenvalue weighted by atomic mass is 32.2. The quantitative estimate of drug-likeness (QED) is 0.763. The molecule has 0 bridgehead atoms. The first-order valence-electron chi connectivity index (χ1n) is 4.26. The Morgan fingerprint density at radius 1 is 1.60 bits per heavy atom. The summed E-state index contributed by atoms with van der Waals surface area (Å²) in [4.78, 5) is 15.1. The Labute approximate surface area is 88.4 Å². The van der Waals surface area contributed by atoms with Crippen LogP contribution in [0.3, 0.4) is 0 Å². The van der Waals surface area contributed by atoms with E-state index in [1.54, 1.807) is 0 Å². The fraction of sp³-hybridized carbons (Fsp3) is 0.333. The van der Waals surface area contributed by atoms with Crippen molar-refractivity contribution in [3.8, 4) is 0 Å². The van der Waals surface area contributed by atoms with Gasteiger partial charge in [0.2, 0.25) is 0 Å². The van der Waals surface area contributed by atoms with Gasteiger partial charge in [0, 0.05) is 31.3 Å². The van der Waals surface area contributed by atoms with Crippen LogP contribution in [0.2, 0.25) is 0 Å². The standard InChI is InChI=1S/C9H11N2O3S/c1-15(13,14)6-5-11-9(12)8-3-2-4-10-7-8/h3-4,7H,5-6H2,1H3,(H,11,12). The van der Waals surface area contributed by atoms with Crippen molar-refractivity contribution in [2.45, 2.75) is 0 Å². The van der Waals surface area contributed by atoms with Gasteiger partial charge < -0.3 is 5.32 Å². The summed E-state index contributed by atoms with van der Waals surface area (Å²) in [7, 11) is -3.04. The van der Waals surface area contributed by atoms with Crippen molar-refractivity contribution < 1.29 is 13.2 Å². The molecule has 5 nitrogen and oxygen atoms in total. The topological polar surface area (TPSA) is 76.1 Å². The Kier molecular flexibility index (Phi) is 3.79. The minimum absolute atomic E-state index is 0.0667. The second-order valence-corrected chi connectivity index (χ2v) is 5.32. The fourth-order valence-corrected chi connectivity index (χ4v) is 1.37. The van der Waals surface area contributed by atoms with Crippen molar-refractivity contribution in [3.63, 3.8) is 0 Å². The fourth-order valence-electron chi connectivity index (χ4n) is 0.901. The lowest BCUT2D eigenvalue weighted by Gasteiger charge is -2.03. The highest BCUT2D eigenvalue weighted by Gasteiger charge is 2.06. The van der Waals surface area contributed by atoms with Crippen LogP contribution in [-0.2, 0) is 9.84 Å². The Morgan fingerprint density at radius 2 is 2.33 bits per heavy atom. The minimum Gasteiger partial charge on any atom is -0.351 e. The number of nitrogens with zero attached hydrogens (tertiary/aromatic N) is 1. The van der Waals surface area contributed by atoms with E-state index in [-0.39, 0.29) is 18.2 Å². The molecule has 1 radical (unpaired) electrons. The van der Waals surface area contributed by atoms with Crippen molar-refractivity contribution in [1.29, 1.82) is 0 Å². The molecule has 81 valence electrons. The van der Waals surface area contributed by atoms with Crippen molar-refractivity contribution in [2.75, 3.05) is 18.6 Å². The summed E-state index contributed by atoms with van der Waals surface area (Å²) >= 11 is 0. The van der Waals surface area contributed by atoms with Crippen molar-refractivity contribution in [2.24, 2.45) is 0 Å². The van der Waals surface area contributed by atoms with E-state index in [1.807, 2.05) is 0 Å². The van der Waals surface area contributed by atoms with Crippen LogP contribution >= 0.6 is 0 Å². The molecule has 0 aliphatic rings. The number of carbonyl (C=O) groups excluding carboxylic acids is 1. The molecule has 0 unspecified atom stereocenters. The third-order valence-electron chi connectivity index (χ3n) is 1.62. The van der Waals surface area contributed by atoms with Gasteiger partial charge in [-0.1, -0.05) is 0 Å². The van der Waals surface area contributed by atoms with Gasteiger partial charge in [-0.05, 0) is 6.07 Å². The summed E-state index contributed by atoms with van der Waals surface area (Å²) in [5, 5.41) is 2.48. The van der Waals surface area contributed by atoms with Gasteiger partial charge in [0.1, 0.15) is 9.84 Å². The highest BCUT2D eigenvalue weighted by Crippen LogP contribution is 1.94. The molecule has 0 atom stereocenters. The third kappa shape index (κ3) is 4.55. The highest BCUT2D eigenvalue weighted by molar-refractivity contribution is 7.90. The number of aromatic nitrogens is 1. The van der Waals surface area contributed by atoms with E-state index in [0.717, 1.165) is 6.26 Å². The number of nitrogens with one attached hydrogen (secondary N) is 1. The Hall–Kier alpha value is -1.43. The zero-order valence-electron chi connectivity index (χ0n) is 8.23. The van der Waals surface area contributed by atoms with Crippen molar-refractivity contribution >= 4 is 15.7 Å². The lowest BCUT2D eigenvalue weighted by molar-refractivity contribution is 0.0956. The summed E-state index contributed by atoms with van der Waals surface area (Å²) in [6.45, 7) is 0.104. The van der Waals surface area contributed by atoms with E-state index in [1.165, 1.54) is 18.5 Å². The molecule has 1 heterocycles. The zero-order chi connectivity index (χ0) is 11.3. The van der Waals surface area contributed by atoms with E-state index in [4.69, 9.17) is 0 Å². The molecule has 1 aromatic heterocycles. The Morgan fingerprint density at radius 3 is 2.87 bits per heavy atom. The number of sulfone groups is 1. The molecular weight excluding hydrogens is 216 g/mol. The second-order valence-electron chi connectivity index (χ2n) is 3.06. The molecular formula is C9H11N2O3S. The summed E-state index contributed by atoms with van der Waals surface area (Å²) < 4.78 is 21.6. The van der Waals surface area contributed by atoms with Crippen LogP contribution in [0.15, 0.2) is 18.5 Å². The molecule has 0 aliphatic carbocycles. The maximum atomic E-state index is 11.4. The van der Waals surface area contributed by atoms with Crippen molar-refractivity contribution in [3.05, 3.63) is 30.1 Å². The number of hydrogen-bond donors (Lipinski definition) is 1. The minimum atomic E-state index is -3.04. The predicted octanol–water partition coefficient (Wildman–Crippen LogP) is -0.344. The van der Waals surface area contributed by atoms with Gasteiger partial charge in [-0.2, -0.15) is 0 Å². The monoisotopic (exact) mass is 227 g/mol. The molecule has 1 amide bonds. The number of amides is 1. The maximum absolute atomic E-state index is 11.4. The predicted molar refractivity (Wildman–Crippen MR) is 55.1 cm³/mol. The molecule has 1 rings (SSSR count). The number of pyridine rings is 1. The first kappa shape index (κ1) is 11.6. The molecule has 0 aliphatic heterocycles. The van der Waals surface area contributed by atoms with Crippen LogP contribution in [0.5, 0.6) is 0 Å². The van der Waals surface area contributed by atoms with Gasteiger partial charge in [-0.25, -0.2) is 8.42 Å². The van der Waals surface area contributed by atoms with Crippen LogP contribution in [0.25, 0.3) is 0 Å². The van der Waals surface area contributed by atoms with Crippen LogP contribution in [-0.4, -0.2) is 37.9 Å². The summed E-state index contributed by atoms with van der Waals surface area (Å²) in [6.07, 6.45) is 3.95. The van der Waals surface area contributed by atoms with Gasteiger partial charge in [-0.3, -0.25) is 9.78 Å². The Bertz CT molecular complexity index is 428. The van der Waals surface area contributed by atoms with Crippen LogP contribution in [0.4, 0.5) is 0 Å². The van der Waals surface area contributed by atoms with E-state index >= 15 is 0 Å². The SMILES string of the molecule is CS(=O)(=O)CCNC(=O)c1c[c]cnc1. The number of rotatable bonds is 4. The number of carbonyl (C=O) groups is 1. The molecule has 15 heavy (non-hydrogen) atoms. The molecule has 0 fully saturated rings. The van der Waals surface area contributed by atoms with Crippen LogP contribution in [0, 0.1) is 6.07 Å². The van der Waals surface area contributed by atoms with Gasteiger partial charge in [0.05, 0.1) is 11.3 Å². The summed E-state index contributed by atoms with van der Waals surface area (Å²) in [5.74, 6) is -0.411.